The van der Waals surface area contributed by atoms with Crippen LogP contribution in [0.4, 0.5) is 0 Å². The van der Waals surface area contributed by atoms with Gasteiger partial charge in [0.15, 0.2) is 15.8 Å². The van der Waals surface area contributed by atoms with Gasteiger partial charge in [-0.1, -0.05) is 30.0 Å². The van der Waals surface area contributed by atoms with Crippen molar-refractivity contribution in [1.29, 1.82) is 5.26 Å². The third-order valence-electron chi connectivity index (χ3n) is 4.04. The van der Waals surface area contributed by atoms with Gasteiger partial charge < -0.3 is 9.84 Å². The van der Waals surface area contributed by atoms with Crippen LogP contribution in [0.5, 0.6) is 11.5 Å². The minimum absolute atomic E-state index is 0.0616. The molecule has 0 radical (unpaired) electrons. The number of nitriles is 1. The Balaban J connectivity index is 1.50. The lowest BCUT2D eigenvalue weighted by molar-refractivity contribution is 0.373. The summed E-state index contributed by atoms with van der Waals surface area (Å²) in [6.07, 6.45) is 1.74. The van der Waals surface area contributed by atoms with Crippen LogP contribution in [0.15, 0.2) is 52.2 Å². The van der Waals surface area contributed by atoms with Crippen LogP contribution in [0.1, 0.15) is 16.3 Å². The number of aromatic nitrogens is 2. The van der Waals surface area contributed by atoms with Crippen molar-refractivity contribution in [1.82, 2.24) is 9.97 Å². The largest absolute Gasteiger partial charge is 0.504 e. The molecule has 0 aliphatic rings. The fraction of sp³-hybridized carbons (Fsp3) is 0.0952. The lowest BCUT2D eigenvalue weighted by Gasteiger charge is -2.04. The fourth-order valence-corrected chi connectivity index (χ4v) is 5.49. The summed E-state index contributed by atoms with van der Waals surface area (Å²) >= 11 is 4.76. The van der Waals surface area contributed by atoms with Gasteiger partial charge in [0.2, 0.25) is 0 Å². The van der Waals surface area contributed by atoms with Crippen molar-refractivity contribution in [3.63, 3.8) is 0 Å². The highest BCUT2D eigenvalue weighted by molar-refractivity contribution is 8.00. The van der Waals surface area contributed by atoms with Gasteiger partial charge >= 0.3 is 0 Å². The number of hydrogen-bond donors (Lipinski definition) is 1. The van der Waals surface area contributed by atoms with Gasteiger partial charge in [-0.05, 0) is 35.9 Å². The van der Waals surface area contributed by atoms with Crippen molar-refractivity contribution < 1.29 is 9.84 Å². The van der Waals surface area contributed by atoms with Crippen LogP contribution in [0.25, 0.3) is 21.9 Å². The third-order valence-corrected chi connectivity index (χ3v) is 7.17. The highest BCUT2D eigenvalue weighted by Gasteiger charge is 2.11. The van der Waals surface area contributed by atoms with Crippen molar-refractivity contribution in [2.45, 2.75) is 10.1 Å². The molecule has 2 aromatic heterocycles. The first-order chi connectivity index (χ1) is 14.2. The molecule has 5 nitrogen and oxygen atoms in total. The van der Waals surface area contributed by atoms with Gasteiger partial charge in [0.1, 0.15) is 11.1 Å². The SMILES string of the molecule is COc1cc(C=C(C#N)c2nc(CSc3nc4ccccc4s3)cs2)ccc1O. The zero-order valence-electron chi connectivity index (χ0n) is 15.3. The van der Waals surface area contributed by atoms with Crippen LogP contribution >= 0.6 is 34.4 Å². The van der Waals surface area contributed by atoms with Gasteiger partial charge in [-0.25, -0.2) is 9.97 Å². The molecule has 4 rings (SSSR count). The molecule has 0 amide bonds. The number of ether oxygens (including phenoxy) is 1. The van der Waals surface area contributed by atoms with E-state index in [9.17, 15) is 10.4 Å². The zero-order chi connectivity index (χ0) is 20.2. The molecule has 2 aromatic carbocycles. The van der Waals surface area contributed by atoms with Crippen molar-refractivity contribution in [2.75, 3.05) is 7.11 Å². The molecule has 2 heterocycles. The van der Waals surface area contributed by atoms with Gasteiger partial charge in [-0.3, -0.25) is 0 Å². The second kappa shape index (κ2) is 8.66. The molecule has 0 saturated heterocycles. The standard InChI is InChI=1S/C21H15N3O2S3/c1-26-18-9-13(6-7-17(18)25)8-14(10-22)20-23-15(11-27-20)12-28-21-24-16-4-2-3-5-19(16)29-21/h2-9,11,25H,12H2,1H3. The number of rotatable bonds is 6. The van der Waals surface area contributed by atoms with Crippen LogP contribution in [-0.2, 0) is 5.75 Å². The molecule has 0 aliphatic carbocycles. The normalized spacial score (nSPS) is 11.5. The summed E-state index contributed by atoms with van der Waals surface area (Å²) in [7, 11) is 1.49. The highest BCUT2D eigenvalue weighted by atomic mass is 32.2. The molecule has 0 saturated carbocycles. The van der Waals surface area contributed by atoms with Gasteiger partial charge in [-0.2, -0.15) is 5.26 Å². The number of allylic oxidation sites excluding steroid dienone is 1. The number of thiazole rings is 2. The number of nitrogens with zero attached hydrogens (tertiary/aromatic N) is 3. The van der Waals surface area contributed by atoms with E-state index in [2.05, 4.69) is 22.1 Å². The van der Waals surface area contributed by atoms with Crippen LogP contribution in [0.3, 0.4) is 0 Å². The van der Waals surface area contributed by atoms with E-state index in [1.807, 2.05) is 23.6 Å². The summed E-state index contributed by atoms with van der Waals surface area (Å²) in [5.41, 5.74) is 3.16. The summed E-state index contributed by atoms with van der Waals surface area (Å²) in [6, 6.07) is 15.3. The van der Waals surface area contributed by atoms with Gasteiger partial charge in [-0.15, -0.1) is 22.7 Å². The average molecular weight is 438 g/mol. The Morgan fingerprint density at radius 2 is 2.14 bits per heavy atom. The van der Waals surface area contributed by atoms with E-state index < -0.39 is 0 Å². The van der Waals surface area contributed by atoms with E-state index in [1.54, 1.807) is 47.4 Å². The number of benzene rings is 2. The second-order valence-corrected chi connectivity index (χ2v) is 9.09. The maximum absolute atomic E-state index is 9.72. The molecule has 0 spiro atoms. The summed E-state index contributed by atoms with van der Waals surface area (Å²) in [5, 5.41) is 21.9. The van der Waals surface area contributed by atoms with Crippen LogP contribution < -0.4 is 4.74 Å². The van der Waals surface area contributed by atoms with Crippen LogP contribution in [-0.4, -0.2) is 22.2 Å². The zero-order valence-corrected chi connectivity index (χ0v) is 17.8. The summed E-state index contributed by atoms with van der Waals surface area (Å²) in [4.78, 5) is 9.24. The molecule has 0 fully saturated rings. The van der Waals surface area contributed by atoms with E-state index >= 15 is 0 Å². The summed E-state index contributed by atoms with van der Waals surface area (Å²) in [5.74, 6) is 1.12. The van der Waals surface area contributed by atoms with E-state index in [-0.39, 0.29) is 5.75 Å². The lowest BCUT2D eigenvalue weighted by atomic mass is 10.1. The summed E-state index contributed by atoms with van der Waals surface area (Å²) in [6.45, 7) is 0. The minimum Gasteiger partial charge on any atom is -0.504 e. The number of hydrogen-bond acceptors (Lipinski definition) is 8. The Morgan fingerprint density at radius 1 is 1.28 bits per heavy atom. The van der Waals surface area contributed by atoms with E-state index in [1.165, 1.54) is 23.1 Å². The Labute approximate surface area is 180 Å². The van der Waals surface area contributed by atoms with E-state index in [0.717, 1.165) is 21.1 Å². The smallest absolute Gasteiger partial charge is 0.161 e. The quantitative estimate of drug-likeness (QED) is 0.302. The average Bonchev–Trinajstić information content (AvgIpc) is 3.38. The molecule has 144 valence electrons. The third kappa shape index (κ3) is 4.43. The number of phenols is 1. The topological polar surface area (TPSA) is 79.0 Å². The van der Waals surface area contributed by atoms with Gasteiger partial charge in [0.05, 0.1) is 28.6 Å². The molecule has 8 heteroatoms. The van der Waals surface area contributed by atoms with Crippen molar-refractivity contribution in [3.05, 3.63) is 64.1 Å². The minimum atomic E-state index is 0.0616. The molecule has 0 unspecified atom stereocenters. The molecular formula is C21H15N3O2S3. The highest BCUT2D eigenvalue weighted by Crippen LogP contribution is 2.33. The van der Waals surface area contributed by atoms with Crippen molar-refractivity contribution >= 4 is 56.3 Å². The molecular weight excluding hydrogens is 422 g/mol. The Hall–Kier alpha value is -2.86. The second-order valence-electron chi connectivity index (χ2n) is 5.98. The number of para-hydroxylation sites is 1. The molecule has 0 atom stereocenters. The Bertz CT molecular complexity index is 1200. The lowest BCUT2D eigenvalue weighted by Crippen LogP contribution is -1.86. The Morgan fingerprint density at radius 3 is 2.93 bits per heavy atom. The fourth-order valence-electron chi connectivity index (χ4n) is 2.64. The van der Waals surface area contributed by atoms with Crippen molar-refractivity contribution in [3.8, 4) is 17.6 Å². The molecule has 1 N–H and O–H groups in total. The van der Waals surface area contributed by atoms with E-state index in [4.69, 9.17) is 4.74 Å². The maximum atomic E-state index is 9.72. The van der Waals surface area contributed by atoms with Crippen molar-refractivity contribution in [2.24, 2.45) is 0 Å². The predicted octanol–water partition coefficient (Wildman–Crippen LogP) is 5.82. The van der Waals surface area contributed by atoms with Crippen LogP contribution in [0, 0.1) is 11.3 Å². The summed E-state index contributed by atoms with van der Waals surface area (Å²) < 4.78 is 7.31. The molecule has 0 bridgehead atoms. The monoisotopic (exact) mass is 437 g/mol. The molecule has 4 aromatic rings. The molecule has 0 aliphatic heterocycles. The number of phenolic OH excluding ortho intramolecular Hbond substituents is 1. The maximum Gasteiger partial charge on any atom is 0.161 e. The first-order valence-electron chi connectivity index (χ1n) is 8.58. The predicted molar refractivity (Wildman–Crippen MR) is 119 cm³/mol. The number of methoxy groups -OCH3 is 1. The number of fused-ring (bicyclic) bond motifs is 1. The van der Waals surface area contributed by atoms with E-state index in [0.29, 0.717) is 22.1 Å². The number of thioether (sulfide) groups is 1. The van der Waals surface area contributed by atoms with Crippen LogP contribution in [0.2, 0.25) is 0 Å². The van der Waals surface area contributed by atoms with Gasteiger partial charge in [0, 0.05) is 11.1 Å². The molecule has 29 heavy (non-hydrogen) atoms. The first kappa shape index (κ1) is 19.5. The number of aromatic hydroxyl groups is 1. The first-order valence-corrected chi connectivity index (χ1v) is 11.3. The Kier molecular flexibility index (Phi) is 5.81. The van der Waals surface area contributed by atoms with Gasteiger partial charge in [0.25, 0.3) is 0 Å².